The van der Waals surface area contributed by atoms with Crippen molar-refractivity contribution in [1.82, 2.24) is 9.22 Å². The Bertz CT molecular complexity index is 1540. The molecule has 0 aliphatic rings. The lowest BCUT2D eigenvalue weighted by molar-refractivity contribution is 0.110. The maximum Gasteiger partial charge on any atom is 0.185 e. The maximum atomic E-state index is 11.3. The van der Waals surface area contributed by atoms with Crippen LogP contribution in [0.25, 0.3) is 33.3 Å². The van der Waals surface area contributed by atoms with Crippen LogP contribution < -0.4 is 4.74 Å². The van der Waals surface area contributed by atoms with E-state index in [4.69, 9.17) is 14.1 Å². The summed E-state index contributed by atoms with van der Waals surface area (Å²) in [6, 6.07) is 21.7. The van der Waals surface area contributed by atoms with E-state index in [9.17, 15) is 4.79 Å². The quantitative estimate of drug-likeness (QED) is 0.176. The molecule has 0 bridgehead atoms. The number of carbonyl (C=O) groups is 1. The third-order valence-corrected chi connectivity index (χ3v) is 12.5. The molecule has 5 nitrogen and oxygen atoms in total. The van der Waals surface area contributed by atoms with E-state index < -0.39 is 8.24 Å². The highest BCUT2D eigenvalue weighted by Gasteiger charge is 2.39. The zero-order valence-electron chi connectivity index (χ0n) is 21.3. The molecule has 5 aromatic rings. The fourth-order valence-corrected chi connectivity index (χ4v) is 6.12. The summed E-state index contributed by atoms with van der Waals surface area (Å²) in [5, 5.41) is 1.13. The summed E-state index contributed by atoms with van der Waals surface area (Å²) in [5.41, 5.74) is 4.73. The van der Waals surface area contributed by atoms with E-state index in [0.717, 1.165) is 51.1 Å². The minimum atomic E-state index is -1.99. The Morgan fingerprint density at radius 1 is 0.944 bits per heavy atom. The van der Waals surface area contributed by atoms with Gasteiger partial charge in [0.1, 0.15) is 17.1 Å². The van der Waals surface area contributed by atoms with Gasteiger partial charge >= 0.3 is 0 Å². The number of furan rings is 1. The Hall–Kier alpha value is -3.90. The molecular formula is C30H30N2O3Si. The van der Waals surface area contributed by atoms with Crippen molar-refractivity contribution < 1.29 is 13.9 Å². The van der Waals surface area contributed by atoms with Gasteiger partial charge in [-0.3, -0.25) is 4.79 Å². The van der Waals surface area contributed by atoms with Crippen molar-refractivity contribution in [2.45, 2.75) is 38.9 Å². The number of rotatable bonds is 6. The SMILES string of the molecule is CC(C)(C)[Si](C)(C)n1cc(-c2coc(C=O)c2)c2cc(-c3ccccc3Oc3ccccc3)cnc21. The molecule has 6 heteroatoms. The largest absolute Gasteiger partial charge is 0.461 e. The highest BCUT2D eigenvalue weighted by atomic mass is 28.3. The number of ether oxygens (including phenoxy) is 1. The normalized spacial score (nSPS) is 12.1. The minimum absolute atomic E-state index is 0.108. The lowest BCUT2D eigenvalue weighted by atomic mass is 10.0. The summed E-state index contributed by atoms with van der Waals surface area (Å²) in [7, 11) is -1.99. The minimum Gasteiger partial charge on any atom is -0.461 e. The van der Waals surface area contributed by atoms with Crippen LogP contribution in [0.4, 0.5) is 0 Å². The van der Waals surface area contributed by atoms with Crippen molar-refractivity contribution in [3.63, 3.8) is 0 Å². The molecule has 36 heavy (non-hydrogen) atoms. The molecule has 0 radical (unpaired) electrons. The van der Waals surface area contributed by atoms with Gasteiger partial charge in [0.2, 0.25) is 0 Å². The van der Waals surface area contributed by atoms with Gasteiger partial charge < -0.3 is 13.4 Å². The molecule has 5 rings (SSSR count). The number of nitrogens with zero attached hydrogens (tertiary/aromatic N) is 2. The first kappa shape index (κ1) is 23.8. The molecule has 0 aliphatic carbocycles. The van der Waals surface area contributed by atoms with E-state index >= 15 is 0 Å². The molecule has 2 aromatic carbocycles. The number of hydrogen-bond donors (Lipinski definition) is 0. The third kappa shape index (κ3) is 4.18. The van der Waals surface area contributed by atoms with Gasteiger partial charge in [-0.25, -0.2) is 4.98 Å². The average Bonchev–Trinajstić information content (AvgIpc) is 3.49. The van der Waals surface area contributed by atoms with Crippen molar-refractivity contribution in [2.24, 2.45) is 0 Å². The van der Waals surface area contributed by atoms with E-state index in [0.29, 0.717) is 5.76 Å². The number of pyridine rings is 1. The second-order valence-electron chi connectivity index (χ2n) is 10.6. The van der Waals surface area contributed by atoms with Crippen LogP contribution in [0.2, 0.25) is 18.1 Å². The summed E-state index contributed by atoms with van der Waals surface area (Å²) < 4.78 is 14.1. The molecule has 0 aliphatic heterocycles. The van der Waals surface area contributed by atoms with Crippen LogP contribution in [0, 0.1) is 0 Å². The second kappa shape index (κ2) is 8.95. The predicted molar refractivity (Wildman–Crippen MR) is 147 cm³/mol. The van der Waals surface area contributed by atoms with Gasteiger partial charge in [0.05, 0.1) is 6.26 Å². The summed E-state index contributed by atoms with van der Waals surface area (Å²) in [5.74, 6) is 1.86. The highest BCUT2D eigenvalue weighted by Crippen LogP contribution is 2.43. The fourth-order valence-electron chi connectivity index (χ4n) is 4.24. The van der Waals surface area contributed by atoms with E-state index in [1.807, 2.05) is 60.8 Å². The van der Waals surface area contributed by atoms with Gasteiger partial charge in [-0.05, 0) is 35.4 Å². The standard InChI is InChI=1S/C30H30N2O3Si/c1-30(2,3)36(4,5)32-18-27(22-15-24(19-33)34-20-22)26-16-21(17-31-29(26)32)25-13-9-10-14-28(25)35-23-11-7-6-8-12-23/h6-20H,1-5H3. The van der Waals surface area contributed by atoms with Gasteiger partial charge in [-0.2, -0.15) is 0 Å². The molecular weight excluding hydrogens is 464 g/mol. The molecule has 0 unspecified atom stereocenters. The first-order chi connectivity index (χ1) is 17.2. The smallest absolute Gasteiger partial charge is 0.185 e. The number of hydrogen-bond acceptors (Lipinski definition) is 4. The number of aromatic nitrogens is 2. The van der Waals surface area contributed by atoms with Gasteiger partial charge in [0, 0.05) is 40.0 Å². The average molecular weight is 495 g/mol. The lowest BCUT2D eigenvalue weighted by Gasteiger charge is -2.38. The number of fused-ring (bicyclic) bond motifs is 1. The first-order valence-electron chi connectivity index (χ1n) is 12.1. The molecule has 0 saturated carbocycles. The number of benzene rings is 2. The summed E-state index contributed by atoms with van der Waals surface area (Å²) in [4.78, 5) is 16.3. The Labute approximate surface area is 212 Å². The van der Waals surface area contributed by atoms with Crippen LogP contribution in [0.3, 0.4) is 0 Å². The van der Waals surface area contributed by atoms with Gasteiger partial charge in [-0.15, -0.1) is 0 Å². The predicted octanol–water partition coefficient (Wildman–Crippen LogP) is 8.42. The van der Waals surface area contributed by atoms with Crippen molar-refractivity contribution in [3.05, 3.63) is 91.1 Å². The molecule has 3 aromatic heterocycles. The van der Waals surface area contributed by atoms with Crippen LogP contribution >= 0.6 is 0 Å². The van der Waals surface area contributed by atoms with Crippen LogP contribution in [0.5, 0.6) is 11.5 Å². The van der Waals surface area contributed by atoms with Crippen molar-refractivity contribution in [2.75, 3.05) is 0 Å². The van der Waals surface area contributed by atoms with Crippen LogP contribution in [-0.4, -0.2) is 23.7 Å². The lowest BCUT2D eigenvalue weighted by Crippen LogP contribution is -2.45. The van der Waals surface area contributed by atoms with Crippen LogP contribution in [-0.2, 0) is 0 Å². The molecule has 0 fully saturated rings. The molecule has 0 amide bonds. The summed E-state index contributed by atoms with van der Waals surface area (Å²) in [6.07, 6.45) is 6.49. The van der Waals surface area contributed by atoms with E-state index in [-0.39, 0.29) is 5.04 Å². The second-order valence-corrected chi connectivity index (χ2v) is 15.7. The first-order valence-corrected chi connectivity index (χ1v) is 15.0. The maximum absolute atomic E-state index is 11.3. The van der Waals surface area contributed by atoms with Crippen molar-refractivity contribution in [1.29, 1.82) is 0 Å². The molecule has 0 spiro atoms. The zero-order chi connectivity index (χ0) is 25.5. The van der Waals surface area contributed by atoms with Gasteiger partial charge in [0.25, 0.3) is 0 Å². The Morgan fingerprint density at radius 3 is 2.36 bits per heavy atom. The van der Waals surface area contributed by atoms with Crippen LogP contribution in [0.1, 0.15) is 31.3 Å². The molecule has 0 saturated heterocycles. The van der Waals surface area contributed by atoms with E-state index in [1.54, 1.807) is 12.3 Å². The number of para-hydroxylation sites is 2. The Balaban J connectivity index is 1.70. The third-order valence-electron chi connectivity index (χ3n) is 7.30. The molecule has 0 atom stereocenters. The Morgan fingerprint density at radius 2 is 1.67 bits per heavy atom. The molecule has 0 N–H and O–H groups in total. The summed E-state index contributed by atoms with van der Waals surface area (Å²) in [6.45, 7) is 11.6. The zero-order valence-corrected chi connectivity index (χ0v) is 22.3. The van der Waals surface area contributed by atoms with E-state index in [1.165, 1.54) is 0 Å². The monoisotopic (exact) mass is 494 g/mol. The van der Waals surface area contributed by atoms with Gasteiger partial charge in [0.15, 0.2) is 20.3 Å². The van der Waals surface area contributed by atoms with Gasteiger partial charge in [-0.1, -0.05) is 70.3 Å². The number of carbonyl (C=O) groups excluding carboxylic acids is 1. The molecule has 3 heterocycles. The fraction of sp³-hybridized carbons (Fsp3) is 0.200. The number of aldehydes is 1. The Kier molecular flexibility index (Phi) is 5.92. The van der Waals surface area contributed by atoms with Crippen molar-refractivity contribution >= 4 is 25.6 Å². The van der Waals surface area contributed by atoms with E-state index in [2.05, 4.69) is 50.4 Å². The molecule has 182 valence electrons. The van der Waals surface area contributed by atoms with Crippen molar-refractivity contribution in [3.8, 4) is 33.8 Å². The highest BCUT2D eigenvalue weighted by molar-refractivity contribution is 6.79. The topological polar surface area (TPSA) is 57.3 Å². The summed E-state index contributed by atoms with van der Waals surface area (Å²) >= 11 is 0. The van der Waals surface area contributed by atoms with Crippen LogP contribution in [0.15, 0.2) is 89.8 Å².